The average molecular weight is 720 g/mol. The molecule has 0 atom stereocenters. The second kappa shape index (κ2) is 19.0. The van der Waals surface area contributed by atoms with Crippen molar-refractivity contribution in [2.45, 2.75) is 13.8 Å². The number of anilines is 3. The Morgan fingerprint density at radius 1 is 0.723 bits per heavy atom. The highest BCUT2D eigenvalue weighted by atomic mass is 35.5. The fourth-order valence-corrected chi connectivity index (χ4v) is 6.23. The number of nitrogens with one attached hydrogen (secondary N) is 1. The lowest BCUT2D eigenvalue weighted by atomic mass is 10.1. The summed E-state index contributed by atoms with van der Waals surface area (Å²) in [6, 6.07) is 20.1. The monoisotopic (exact) mass is 717 g/mol. The molecule has 1 amide bonds. The molecule has 0 radical (unpaired) electrons. The maximum atomic E-state index is 12.8. The van der Waals surface area contributed by atoms with Crippen LogP contribution in [0.15, 0.2) is 70.9 Å². The Balaban J connectivity index is 1.26. The third-order valence-electron chi connectivity index (χ3n) is 8.14. The zero-order chi connectivity index (χ0) is 33.6. The number of hydrazone groups is 2. The Morgan fingerprint density at radius 3 is 1.68 bits per heavy atom. The molecule has 47 heavy (non-hydrogen) atoms. The van der Waals surface area contributed by atoms with Gasteiger partial charge in [0.25, 0.3) is 5.91 Å². The lowest BCUT2D eigenvalue weighted by Gasteiger charge is -2.34. The van der Waals surface area contributed by atoms with Gasteiger partial charge in [0.2, 0.25) is 0 Å². The minimum Gasteiger partial charge on any atom is -0.369 e. The van der Waals surface area contributed by atoms with Gasteiger partial charge in [0.05, 0.1) is 25.5 Å². The molecule has 12 heteroatoms. The number of nitrogens with zero attached hydrogens (tertiary/aromatic N) is 6. The number of halogens is 4. The number of alkyl halides is 4. The van der Waals surface area contributed by atoms with Gasteiger partial charge in [0.1, 0.15) is 0 Å². The van der Waals surface area contributed by atoms with Gasteiger partial charge in [-0.15, -0.1) is 46.4 Å². The zero-order valence-electron chi connectivity index (χ0n) is 27.0. The van der Waals surface area contributed by atoms with Gasteiger partial charge in [-0.2, -0.15) is 10.2 Å². The SMILES string of the molecule is Cc1cc(N(CCCl)CCCl)ccc1C=NNC(=O)c1ccc(N2CCN(N=Cc3ccc(N(CCCl)CCCl)cc3C)CC2)cc1. The number of carbonyl (C=O) groups is 1. The van der Waals surface area contributed by atoms with Crippen LogP contribution < -0.4 is 20.1 Å². The molecule has 0 aromatic heterocycles. The minimum atomic E-state index is -0.259. The van der Waals surface area contributed by atoms with Crippen LogP contribution in [0, 0.1) is 13.8 Å². The van der Waals surface area contributed by atoms with Crippen molar-refractivity contribution in [3.63, 3.8) is 0 Å². The van der Waals surface area contributed by atoms with Crippen LogP contribution in [0.5, 0.6) is 0 Å². The van der Waals surface area contributed by atoms with Crippen LogP contribution in [0.25, 0.3) is 0 Å². The van der Waals surface area contributed by atoms with Crippen LogP contribution in [0.4, 0.5) is 17.1 Å². The molecule has 0 aliphatic carbocycles. The van der Waals surface area contributed by atoms with E-state index in [0.29, 0.717) is 29.1 Å². The van der Waals surface area contributed by atoms with E-state index in [1.807, 2.05) is 49.5 Å². The number of rotatable bonds is 16. The van der Waals surface area contributed by atoms with E-state index in [-0.39, 0.29) is 5.91 Å². The first kappa shape index (κ1) is 36.7. The molecule has 1 saturated heterocycles. The highest BCUT2D eigenvalue weighted by Gasteiger charge is 2.17. The first-order valence-corrected chi connectivity index (χ1v) is 17.9. The second-order valence-corrected chi connectivity index (χ2v) is 12.8. The van der Waals surface area contributed by atoms with Crippen molar-refractivity contribution >= 4 is 81.8 Å². The maximum absolute atomic E-state index is 12.8. The summed E-state index contributed by atoms with van der Waals surface area (Å²) < 4.78 is 0. The summed E-state index contributed by atoms with van der Waals surface area (Å²) in [4.78, 5) is 19.4. The molecule has 3 aromatic carbocycles. The van der Waals surface area contributed by atoms with Crippen LogP contribution >= 0.6 is 46.4 Å². The molecular formula is C35H43Cl4N7O. The number of carbonyl (C=O) groups excluding carboxylic acids is 1. The summed E-state index contributed by atoms with van der Waals surface area (Å²) in [5.74, 6) is 1.91. The minimum absolute atomic E-state index is 0.259. The predicted octanol–water partition coefficient (Wildman–Crippen LogP) is 6.79. The van der Waals surface area contributed by atoms with E-state index in [1.165, 1.54) is 0 Å². The number of piperazine rings is 1. The number of hydrogen-bond acceptors (Lipinski definition) is 7. The Bertz CT molecular complexity index is 1480. The molecule has 0 bridgehead atoms. The van der Waals surface area contributed by atoms with Crippen molar-refractivity contribution in [3.05, 3.63) is 88.5 Å². The lowest BCUT2D eigenvalue weighted by molar-refractivity contribution is 0.0955. The van der Waals surface area contributed by atoms with Gasteiger partial charge >= 0.3 is 0 Å². The first-order chi connectivity index (χ1) is 22.9. The normalized spacial score (nSPS) is 13.5. The number of benzene rings is 3. The Morgan fingerprint density at radius 2 is 1.21 bits per heavy atom. The summed E-state index contributed by atoms with van der Waals surface area (Å²) in [6.07, 6.45) is 3.60. The van der Waals surface area contributed by atoms with E-state index in [2.05, 4.69) is 61.4 Å². The highest BCUT2D eigenvalue weighted by Crippen LogP contribution is 2.21. The van der Waals surface area contributed by atoms with Crippen LogP contribution in [0.1, 0.15) is 32.6 Å². The van der Waals surface area contributed by atoms with Crippen molar-refractivity contribution in [3.8, 4) is 0 Å². The van der Waals surface area contributed by atoms with Gasteiger partial charge in [-0.25, -0.2) is 5.43 Å². The number of hydrogen-bond donors (Lipinski definition) is 1. The molecule has 0 spiro atoms. The molecule has 1 heterocycles. The van der Waals surface area contributed by atoms with Gasteiger partial charge in [-0.1, -0.05) is 12.1 Å². The van der Waals surface area contributed by atoms with E-state index in [9.17, 15) is 4.79 Å². The van der Waals surface area contributed by atoms with Crippen molar-refractivity contribution in [1.82, 2.24) is 10.4 Å². The lowest BCUT2D eigenvalue weighted by Crippen LogP contribution is -2.44. The Kier molecular flexibility index (Phi) is 14.8. The largest absolute Gasteiger partial charge is 0.369 e. The van der Waals surface area contributed by atoms with Gasteiger partial charge in [0, 0.05) is 85.4 Å². The van der Waals surface area contributed by atoms with Gasteiger partial charge < -0.3 is 14.7 Å². The van der Waals surface area contributed by atoms with Crippen LogP contribution in [0.2, 0.25) is 0 Å². The molecule has 0 saturated carbocycles. The average Bonchev–Trinajstić information content (AvgIpc) is 3.08. The molecule has 8 nitrogen and oxygen atoms in total. The van der Waals surface area contributed by atoms with Crippen molar-refractivity contribution in [1.29, 1.82) is 0 Å². The van der Waals surface area contributed by atoms with E-state index in [1.54, 1.807) is 6.21 Å². The van der Waals surface area contributed by atoms with E-state index in [4.69, 9.17) is 51.5 Å². The molecule has 1 N–H and O–H groups in total. The van der Waals surface area contributed by atoms with E-state index >= 15 is 0 Å². The molecule has 1 aliphatic rings. The van der Waals surface area contributed by atoms with Crippen molar-refractivity contribution in [2.75, 3.05) is 90.6 Å². The fraction of sp³-hybridized carbons (Fsp3) is 0.400. The molecule has 4 rings (SSSR count). The summed E-state index contributed by atoms with van der Waals surface area (Å²) in [6.45, 7) is 10.4. The molecule has 1 aliphatic heterocycles. The summed E-state index contributed by atoms with van der Waals surface area (Å²) >= 11 is 23.9. The third kappa shape index (κ3) is 10.7. The number of aryl methyl sites for hydroxylation is 2. The first-order valence-electron chi connectivity index (χ1n) is 15.8. The third-order valence-corrected chi connectivity index (χ3v) is 8.81. The number of amides is 1. The van der Waals surface area contributed by atoms with Crippen LogP contribution in [-0.2, 0) is 0 Å². The summed E-state index contributed by atoms with van der Waals surface area (Å²) in [5, 5.41) is 11.1. The standard InChI is InChI=1S/C35H43Cl4N7O/c1-27-23-33(43(15-11-36)16-12-37)9-5-30(27)25-40-42-35(47)29-3-7-32(8-4-29)45-19-21-46(22-20-45)41-26-31-6-10-34(24-28(31)2)44(17-13-38)18-14-39/h3-10,23-26H,11-22H2,1-2H3,(H,42,47). The second-order valence-electron chi connectivity index (χ2n) is 11.2. The van der Waals surface area contributed by atoms with Gasteiger partial charge in [0.15, 0.2) is 0 Å². The predicted molar refractivity (Wildman–Crippen MR) is 203 cm³/mol. The molecule has 252 valence electrons. The summed E-state index contributed by atoms with van der Waals surface area (Å²) in [7, 11) is 0. The molecule has 1 fully saturated rings. The Labute approximate surface area is 298 Å². The molecule has 3 aromatic rings. The molecule has 0 unspecified atom stereocenters. The van der Waals surface area contributed by atoms with Crippen LogP contribution in [-0.4, -0.2) is 99.2 Å². The highest BCUT2D eigenvalue weighted by molar-refractivity contribution is 6.19. The fourth-order valence-electron chi connectivity index (χ4n) is 5.41. The van der Waals surface area contributed by atoms with Gasteiger partial charge in [-0.05, 0) is 84.6 Å². The van der Waals surface area contributed by atoms with Crippen LogP contribution in [0.3, 0.4) is 0 Å². The maximum Gasteiger partial charge on any atom is 0.271 e. The topological polar surface area (TPSA) is 66.8 Å². The zero-order valence-corrected chi connectivity index (χ0v) is 30.0. The van der Waals surface area contributed by atoms with Crippen molar-refractivity contribution in [2.24, 2.45) is 10.2 Å². The van der Waals surface area contributed by atoms with Gasteiger partial charge in [-0.3, -0.25) is 9.80 Å². The molecular weight excluding hydrogens is 676 g/mol. The summed E-state index contributed by atoms with van der Waals surface area (Å²) in [5.41, 5.74) is 10.7. The smallest absolute Gasteiger partial charge is 0.271 e. The quantitative estimate of drug-likeness (QED) is 0.100. The van der Waals surface area contributed by atoms with E-state index in [0.717, 1.165) is 91.7 Å². The van der Waals surface area contributed by atoms with E-state index < -0.39 is 0 Å². The Hall–Kier alpha value is -3.17. The van der Waals surface area contributed by atoms with Crippen molar-refractivity contribution < 1.29 is 4.79 Å².